The van der Waals surface area contributed by atoms with Gasteiger partial charge in [-0.3, -0.25) is 0 Å². The minimum absolute atomic E-state index is 0.571. The molecule has 0 aliphatic rings. The molecule has 0 saturated carbocycles. The summed E-state index contributed by atoms with van der Waals surface area (Å²) < 4.78 is 5.21. The highest BCUT2D eigenvalue weighted by Crippen LogP contribution is 2.14. The van der Waals surface area contributed by atoms with Crippen LogP contribution in [0.4, 0.5) is 0 Å². The third-order valence-corrected chi connectivity index (χ3v) is 2.60. The Morgan fingerprint density at radius 3 is 2.73 bits per heavy atom. The van der Waals surface area contributed by atoms with Gasteiger partial charge in [-0.05, 0) is 37.1 Å². The lowest BCUT2D eigenvalue weighted by Crippen LogP contribution is -2.30. The zero-order valence-corrected chi connectivity index (χ0v) is 9.92. The molecule has 1 N–H and O–H groups in total. The lowest BCUT2D eigenvalue weighted by molar-refractivity contribution is 0.413. The van der Waals surface area contributed by atoms with Crippen molar-refractivity contribution in [1.29, 1.82) is 0 Å². The monoisotopic (exact) mass is 207 g/mol. The first-order valence-electron chi connectivity index (χ1n) is 5.66. The summed E-state index contributed by atoms with van der Waals surface area (Å²) >= 11 is 0. The molecule has 2 heteroatoms. The van der Waals surface area contributed by atoms with Crippen molar-refractivity contribution in [1.82, 2.24) is 5.32 Å². The standard InChI is InChI=1S/C13H21NO/c1-4-12(14-5-2)9-11-7-6-8-13(10-11)15-3/h6-8,10,12,14H,4-5,9H2,1-3H3. The highest BCUT2D eigenvalue weighted by molar-refractivity contribution is 5.28. The topological polar surface area (TPSA) is 21.3 Å². The fraction of sp³-hybridized carbons (Fsp3) is 0.538. The first-order chi connectivity index (χ1) is 7.30. The number of methoxy groups -OCH3 is 1. The predicted octanol–water partition coefficient (Wildman–Crippen LogP) is 2.63. The number of ether oxygens (including phenoxy) is 1. The molecule has 0 radical (unpaired) electrons. The maximum Gasteiger partial charge on any atom is 0.119 e. The van der Waals surface area contributed by atoms with Gasteiger partial charge in [-0.2, -0.15) is 0 Å². The van der Waals surface area contributed by atoms with Gasteiger partial charge < -0.3 is 10.1 Å². The van der Waals surface area contributed by atoms with Crippen molar-refractivity contribution in [2.75, 3.05) is 13.7 Å². The van der Waals surface area contributed by atoms with E-state index < -0.39 is 0 Å². The molecule has 1 rings (SSSR count). The second-order valence-corrected chi connectivity index (χ2v) is 3.72. The van der Waals surface area contributed by atoms with Gasteiger partial charge in [-0.1, -0.05) is 26.0 Å². The first kappa shape index (κ1) is 12.1. The average molecular weight is 207 g/mol. The van der Waals surface area contributed by atoms with Crippen molar-refractivity contribution < 1.29 is 4.74 Å². The van der Waals surface area contributed by atoms with E-state index >= 15 is 0 Å². The van der Waals surface area contributed by atoms with Gasteiger partial charge in [-0.25, -0.2) is 0 Å². The van der Waals surface area contributed by atoms with Crippen LogP contribution in [0.5, 0.6) is 5.75 Å². The van der Waals surface area contributed by atoms with Crippen LogP contribution in [0.2, 0.25) is 0 Å². The fourth-order valence-electron chi connectivity index (χ4n) is 1.73. The van der Waals surface area contributed by atoms with E-state index in [2.05, 4.69) is 31.3 Å². The molecule has 2 nitrogen and oxygen atoms in total. The van der Waals surface area contributed by atoms with Gasteiger partial charge in [0.1, 0.15) is 5.75 Å². The van der Waals surface area contributed by atoms with Gasteiger partial charge in [0.05, 0.1) is 7.11 Å². The molecule has 0 aliphatic heterocycles. The van der Waals surface area contributed by atoms with Crippen molar-refractivity contribution in [2.24, 2.45) is 0 Å². The number of rotatable bonds is 6. The molecule has 0 aromatic heterocycles. The first-order valence-corrected chi connectivity index (χ1v) is 5.66. The van der Waals surface area contributed by atoms with E-state index in [-0.39, 0.29) is 0 Å². The molecule has 15 heavy (non-hydrogen) atoms. The van der Waals surface area contributed by atoms with Crippen molar-refractivity contribution in [3.05, 3.63) is 29.8 Å². The van der Waals surface area contributed by atoms with Crippen molar-refractivity contribution in [3.8, 4) is 5.75 Å². The van der Waals surface area contributed by atoms with Crippen molar-refractivity contribution >= 4 is 0 Å². The molecular weight excluding hydrogens is 186 g/mol. The number of likely N-dealkylation sites (N-methyl/N-ethyl adjacent to an activating group) is 1. The van der Waals surface area contributed by atoms with Crippen molar-refractivity contribution in [2.45, 2.75) is 32.7 Å². The van der Waals surface area contributed by atoms with Crippen LogP contribution in [0.25, 0.3) is 0 Å². The van der Waals surface area contributed by atoms with E-state index in [1.165, 1.54) is 5.56 Å². The largest absolute Gasteiger partial charge is 0.497 e. The summed E-state index contributed by atoms with van der Waals surface area (Å²) in [5, 5.41) is 3.48. The molecule has 84 valence electrons. The van der Waals surface area contributed by atoms with Crippen LogP contribution < -0.4 is 10.1 Å². The molecule has 0 bridgehead atoms. The Balaban J connectivity index is 2.61. The highest BCUT2D eigenvalue weighted by atomic mass is 16.5. The Morgan fingerprint density at radius 1 is 1.33 bits per heavy atom. The minimum atomic E-state index is 0.571. The van der Waals surface area contributed by atoms with E-state index in [4.69, 9.17) is 4.74 Å². The molecule has 0 saturated heterocycles. The number of hydrogen-bond donors (Lipinski definition) is 1. The Morgan fingerprint density at radius 2 is 2.13 bits per heavy atom. The smallest absolute Gasteiger partial charge is 0.119 e. The average Bonchev–Trinajstić information content (AvgIpc) is 2.29. The highest BCUT2D eigenvalue weighted by Gasteiger charge is 2.05. The zero-order valence-electron chi connectivity index (χ0n) is 9.92. The molecule has 0 spiro atoms. The molecule has 0 heterocycles. The van der Waals surface area contributed by atoms with Gasteiger partial charge >= 0.3 is 0 Å². The van der Waals surface area contributed by atoms with Gasteiger partial charge in [-0.15, -0.1) is 0 Å². The van der Waals surface area contributed by atoms with Crippen LogP contribution in [0, 0.1) is 0 Å². The summed E-state index contributed by atoms with van der Waals surface area (Å²) in [5.74, 6) is 0.943. The normalized spacial score (nSPS) is 12.5. The number of nitrogens with one attached hydrogen (secondary N) is 1. The van der Waals surface area contributed by atoms with Crippen LogP contribution in [-0.2, 0) is 6.42 Å². The van der Waals surface area contributed by atoms with Crippen LogP contribution >= 0.6 is 0 Å². The maximum absolute atomic E-state index is 5.21. The van der Waals surface area contributed by atoms with Crippen molar-refractivity contribution in [3.63, 3.8) is 0 Å². The van der Waals surface area contributed by atoms with Crippen LogP contribution in [-0.4, -0.2) is 19.7 Å². The number of benzene rings is 1. The minimum Gasteiger partial charge on any atom is -0.497 e. The fourth-order valence-corrected chi connectivity index (χ4v) is 1.73. The van der Waals surface area contributed by atoms with E-state index in [1.54, 1.807) is 7.11 Å². The van der Waals surface area contributed by atoms with Gasteiger partial charge in [0.25, 0.3) is 0 Å². The maximum atomic E-state index is 5.21. The van der Waals surface area contributed by atoms with Crippen LogP contribution in [0.1, 0.15) is 25.8 Å². The van der Waals surface area contributed by atoms with Gasteiger partial charge in [0.2, 0.25) is 0 Å². The molecule has 1 aromatic carbocycles. The summed E-state index contributed by atoms with van der Waals surface area (Å²) in [4.78, 5) is 0. The Hall–Kier alpha value is -1.02. The summed E-state index contributed by atoms with van der Waals surface area (Å²) in [6.07, 6.45) is 2.23. The van der Waals surface area contributed by atoms with Gasteiger partial charge in [0, 0.05) is 6.04 Å². The Kier molecular flexibility index (Phi) is 5.19. The Labute approximate surface area is 92.6 Å². The molecule has 1 atom stereocenters. The quantitative estimate of drug-likeness (QED) is 0.774. The zero-order chi connectivity index (χ0) is 11.1. The van der Waals surface area contributed by atoms with Crippen LogP contribution in [0.3, 0.4) is 0 Å². The summed E-state index contributed by atoms with van der Waals surface area (Å²) in [5.41, 5.74) is 1.34. The van der Waals surface area contributed by atoms with E-state index in [0.29, 0.717) is 6.04 Å². The summed E-state index contributed by atoms with van der Waals surface area (Å²) in [7, 11) is 1.71. The number of hydrogen-bond acceptors (Lipinski definition) is 2. The molecule has 1 unspecified atom stereocenters. The third-order valence-electron chi connectivity index (χ3n) is 2.60. The van der Waals surface area contributed by atoms with E-state index in [1.807, 2.05) is 12.1 Å². The second kappa shape index (κ2) is 6.46. The predicted molar refractivity (Wildman–Crippen MR) is 64.5 cm³/mol. The molecule has 1 aromatic rings. The third kappa shape index (κ3) is 3.92. The van der Waals surface area contributed by atoms with E-state index in [0.717, 1.165) is 25.1 Å². The van der Waals surface area contributed by atoms with Crippen LogP contribution in [0.15, 0.2) is 24.3 Å². The second-order valence-electron chi connectivity index (χ2n) is 3.72. The SMILES string of the molecule is CCNC(CC)Cc1cccc(OC)c1. The molecule has 0 amide bonds. The van der Waals surface area contributed by atoms with E-state index in [9.17, 15) is 0 Å². The van der Waals surface area contributed by atoms with Gasteiger partial charge in [0.15, 0.2) is 0 Å². The Bertz CT molecular complexity index is 286. The summed E-state index contributed by atoms with van der Waals surface area (Å²) in [6, 6.07) is 8.87. The lowest BCUT2D eigenvalue weighted by atomic mass is 10.0. The lowest BCUT2D eigenvalue weighted by Gasteiger charge is -2.16. The molecular formula is C13H21NO. The summed E-state index contributed by atoms with van der Waals surface area (Å²) in [6.45, 7) is 5.39. The molecule has 0 aliphatic carbocycles. The molecule has 0 fully saturated rings.